The Kier molecular flexibility index (Phi) is 9.59. The molecule has 1 aliphatic rings. The van der Waals surface area contributed by atoms with Gasteiger partial charge in [-0.1, -0.05) is 40.5 Å². The first-order valence-electron chi connectivity index (χ1n) is 15.5. The average Bonchev–Trinajstić information content (AvgIpc) is 3.55. The Balaban J connectivity index is 1.32. The lowest BCUT2D eigenvalue weighted by molar-refractivity contribution is 0.0184. The van der Waals surface area contributed by atoms with E-state index in [-0.39, 0.29) is 22.7 Å². The summed E-state index contributed by atoms with van der Waals surface area (Å²) in [7, 11) is 0. The molecule has 49 heavy (non-hydrogen) atoms. The van der Waals surface area contributed by atoms with E-state index in [0.717, 1.165) is 0 Å². The lowest BCUT2D eigenvalue weighted by atomic mass is 10.0. The van der Waals surface area contributed by atoms with E-state index in [1.807, 2.05) is 27.0 Å². The molecular weight excluding hydrogens is 673 g/mol. The maximum atomic E-state index is 14.0. The fourth-order valence-electron chi connectivity index (χ4n) is 5.69. The van der Waals surface area contributed by atoms with Crippen LogP contribution in [-0.4, -0.2) is 49.7 Å². The number of pyridine rings is 1. The molecule has 0 aliphatic carbocycles. The van der Waals surface area contributed by atoms with Crippen molar-refractivity contribution in [2.24, 2.45) is 0 Å². The molecule has 0 saturated carbocycles. The number of piperidine rings is 1. The smallest absolute Gasteiger partial charge is 0.410 e. The normalized spacial score (nSPS) is 14.4. The van der Waals surface area contributed by atoms with Crippen LogP contribution in [-0.2, 0) is 4.74 Å². The number of likely N-dealkylation sites (tertiary alicyclic amines) is 1. The largest absolute Gasteiger partial charge is 0.444 e. The number of carbonyl (C=O) groups is 1. The molecule has 3 heterocycles. The van der Waals surface area contributed by atoms with Crippen LogP contribution < -0.4 is 10.6 Å². The summed E-state index contributed by atoms with van der Waals surface area (Å²) in [5.41, 5.74) is 2.78. The quantitative estimate of drug-likeness (QED) is 0.172. The number of nitrogens with zero attached hydrogens (tertiary/aromatic N) is 6. The number of aromatic nitrogens is 4. The van der Waals surface area contributed by atoms with Crippen molar-refractivity contribution in [3.8, 4) is 6.07 Å². The molecule has 0 spiro atoms. The van der Waals surface area contributed by atoms with Gasteiger partial charge in [0.25, 0.3) is 0 Å². The third-order valence-electron chi connectivity index (χ3n) is 8.06. The van der Waals surface area contributed by atoms with E-state index < -0.39 is 23.3 Å². The molecule has 1 saturated heterocycles. The number of hydrogen-bond donors (Lipinski definition) is 2. The van der Waals surface area contributed by atoms with Crippen LogP contribution in [0.4, 0.5) is 30.6 Å². The molecule has 252 valence electrons. The number of halogens is 4. The van der Waals surface area contributed by atoms with E-state index in [4.69, 9.17) is 27.9 Å². The van der Waals surface area contributed by atoms with Crippen molar-refractivity contribution in [3.05, 3.63) is 105 Å². The van der Waals surface area contributed by atoms with Gasteiger partial charge in [-0.05, 0) is 81.6 Å². The van der Waals surface area contributed by atoms with Gasteiger partial charge in [0.1, 0.15) is 29.0 Å². The molecule has 1 amide bonds. The Labute approximate surface area is 291 Å². The maximum Gasteiger partial charge on any atom is 0.410 e. The van der Waals surface area contributed by atoms with Crippen molar-refractivity contribution in [2.75, 3.05) is 23.7 Å². The lowest BCUT2D eigenvalue weighted by Crippen LogP contribution is -2.42. The van der Waals surface area contributed by atoms with Gasteiger partial charge in [0, 0.05) is 35.4 Å². The molecule has 1 atom stereocenters. The predicted octanol–water partition coefficient (Wildman–Crippen LogP) is 8.80. The molecule has 10 nitrogen and oxygen atoms in total. The number of benzene rings is 3. The molecule has 2 N–H and O–H groups in total. The van der Waals surface area contributed by atoms with Gasteiger partial charge in [-0.25, -0.2) is 18.3 Å². The van der Waals surface area contributed by atoms with Gasteiger partial charge in [0.05, 0.1) is 45.8 Å². The topological polar surface area (TPSA) is 121 Å². The highest BCUT2D eigenvalue weighted by Crippen LogP contribution is 2.38. The Morgan fingerprint density at radius 1 is 1.08 bits per heavy atom. The van der Waals surface area contributed by atoms with Gasteiger partial charge in [0.2, 0.25) is 0 Å². The Morgan fingerprint density at radius 3 is 2.49 bits per heavy atom. The van der Waals surface area contributed by atoms with Crippen molar-refractivity contribution in [1.29, 1.82) is 5.26 Å². The van der Waals surface area contributed by atoms with Crippen molar-refractivity contribution in [2.45, 2.75) is 51.3 Å². The first kappa shape index (κ1) is 33.9. The minimum absolute atomic E-state index is 0.000436. The molecule has 2 aromatic heterocycles. The van der Waals surface area contributed by atoms with E-state index >= 15 is 0 Å². The van der Waals surface area contributed by atoms with Gasteiger partial charge in [0.15, 0.2) is 0 Å². The molecule has 5 aromatic rings. The molecule has 3 aromatic carbocycles. The van der Waals surface area contributed by atoms with Crippen molar-refractivity contribution >= 4 is 57.3 Å². The van der Waals surface area contributed by atoms with Gasteiger partial charge >= 0.3 is 6.09 Å². The predicted molar refractivity (Wildman–Crippen MR) is 184 cm³/mol. The number of fused-ring (bicyclic) bond motifs is 1. The lowest BCUT2D eigenvalue weighted by Gasteiger charge is -2.33. The molecule has 1 fully saturated rings. The van der Waals surface area contributed by atoms with E-state index in [1.54, 1.807) is 33.8 Å². The van der Waals surface area contributed by atoms with Crippen LogP contribution in [0.2, 0.25) is 10.0 Å². The van der Waals surface area contributed by atoms with E-state index in [0.29, 0.717) is 70.2 Å². The SMILES string of the molecule is CC(C)(C)OC(=O)N1CCC(n2cc([C@@H](Nc3cc(Cl)cc4c(Nc5ccc(F)c(Cl)c5)c(C#N)cnc34)c3ccc(F)cc3)nn2)CC1. The summed E-state index contributed by atoms with van der Waals surface area (Å²) in [5, 5.41) is 26.3. The number of ether oxygens (including phenoxy) is 1. The van der Waals surface area contributed by atoms with Gasteiger partial charge in [-0.3, -0.25) is 4.98 Å². The second-order valence-corrected chi connectivity index (χ2v) is 13.6. The summed E-state index contributed by atoms with van der Waals surface area (Å²) in [4.78, 5) is 18.9. The molecule has 0 bridgehead atoms. The van der Waals surface area contributed by atoms with Crippen LogP contribution in [0.15, 0.2) is 67.0 Å². The number of carbonyl (C=O) groups excluding carboxylic acids is 1. The van der Waals surface area contributed by atoms with E-state index in [9.17, 15) is 18.8 Å². The van der Waals surface area contributed by atoms with Crippen molar-refractivity contribution < 1.29 is 18.3 Å². The number of rotatable bonds is 7. The number of anilines is 3. The van der Waals surface area contributed by atoms with Crippen molar-refractivity contribution in [3.63, 3.8) is 0 Å². The number of nitrogens with one attached hydrogen (secondary N) is 2. The molecule has 6 rings (SSSR count). The molecule has 14 heteroatoms. The number of nitriles is 1. The summed E-state index contributed by atoms with van der Waals surface area (Å²) < 4.78 is 35.2. The third kappa shape index (κ3) is 7.69. The summed E-state index contributed by atoms with van der Waals surface area (Å²) in [6, 6.07) is 15.1. The summed E-state index contributed by atoms with van der Waals surface area (Å²) in [6.07, 6.45) is 4.26. The second-order valence-electron chi connectivity index (χ2n) is 12.7. The molecule has 0 unspecified atom stereocenters. The highest BCUT2D eigenvalue weighted by molar-refractivity contribution is 6.32. The van der Waals surface area contributed by atoms with Crippen LogP contribution in [0.1, 0.15) is 62.5 Å². The monoisotopic (exact) mass is 704 g/mol. The first-order valence-corrected chi connectivity index (χ1v) is 16.3. The zero-order valence-electron chi connectivity index (χ0n) is 26.8. The summed E-state index contributed by atoms with van der Waals surface area (Å²) in [5.74, 6) is -0.963. The Bertz CT molecular complexity index is 2050. The fourth-order valence-corrected chi connectivity index (χ4v) is 6.09. The van der Waals surface area contributed by atoms with E-state index in [1.165, 1.54) is 36.5 Å². The zero-order chi connectivity index (χ0) is 34.9. The van der Waals surface area contributed by atoms with Gasteiger partial charge in [-0.15, -0.1) is 5.10 Å². The van der Waals surface area contributed by atoms with Crippen LogP contribution in [0.5, 0.6) is 0 Å². The first-order chi connectivity index (χ1) is 23.4. The maximum absolute atomic E-state index is 14.0. The highest BCUT2D eigenvalue weighted by atomic mass is 35.5. The van der Waals surface area contributed by atoms with Crippen LogP contribution in [0.3, 0.4) is 0 Å². The minimum atomic E-state index is -0.609. The number of hydrogen-bond acceptors (Lipinski definition) is 8. The van der Waals surface area contributed by atoms with E-state index in [2.05, 4.69) is 32.0 Å². The zero-order valence-corrected chi connectivity index (χ0v) is 28.4. The minimum Gasteiger partial charge on any atom is -0.444 e. The summed E-state index contributed by atoms with van der Waals surface area (Å²) in [6.45, 7) is 6.55. The molecule has 1 aliphatic heterocycles. The highest BCUT2D eigenvalue weighted by Gasteiger charge is 2.29. The second kappa shape index (κ2) is 13.9. The van der Waals surface area contributed by atoms with Crippen LogP contribution in [0, 0.1) is 23.0 Å². The Morgan fingerprint density at radius 2 is 1.82 bits per heavy atom. The molecule has 0 radical (unpaired) electrons. The standard InChI is InChI=1S/C35H32Cl2F2N8O2/c1-35(2,3)49-34(48)46-12-10-25(11-13-46)47-19-30(44-45-47)32(20-4-6-23(38)7-5-20)43-29-15-22(36)14-26-31(21(17-40)18-41-33(26)29)42-24-8-9-28(39)27(37)16-24/h4-9,14-16,18-19,25,32,43H,10-13H2,1-3H3,(H,41,42)/t32-/m0/s1. The fraction of sp³-hybridized carbons (Fsp3) is 0.286. The average molecular weight is 706 g/mol. The third-order valence-corrected chi connectivity index (χ3v) is 8.57. The van der Waals surface area contributed by atoms with Gasteiger partial charge in [-0.2, -0.15) is 5.26 Å². The van der Waals surface area contributed by atoms with Crippen molar-refractivity contribution in [1.82, 2.24) is 24.9 Å². The van der Waals surface area contributed by atoms with Gasteiger partial charge < -0.3 is 20.3 Å². The number of amides is 1. The summed E-state index contributed by atoms with van der Waals surface area (Å²) >= 11 is 12.7. The molecular formula is C35H32Cl2F2N8O2. The Hall–Kier alpha value is -4.99. The van der Waals surface area contributed by atoms with Crippen LogP contribution in [0.25, 0.3) is 10.9 Å². The van der Waals surface area contributed by atoms with Crippen LogP contribution >= 0.6 is 23.2 Å².